The molecular formula is C56H55IN2O6Si. The molecule has 2 fully saturated rings. The molecule has 2 N–H and O–H groups in total. The number of phenolic OH excluding ortho intramolecular Hbond substituents is 1. The first-order valence-electron chi connectivity index (χ1n) is 22.7. The highest BCUT2D eigenvalue weighted by Gasteiger charge is 2.58. The van der Waals surface area contributed by atoms with Crippen molar-refractivity contribution in [3.8, 4) is 11.5 Å². The molecule has 2 amide bonds. The Bertz CT molecular complexity index is 2720. The lowest BCUT2D eigenvalue weighted by atomic mass is 9.69. The number of anilines is 3. The number of phenols is 1. The van der Waals surface area contributed by atoms with Crippen molar-refractivity contribution in [2.75, 3.05) is 30.5 Å². The first-order valence-corrected chi connectivity index (χ1v) is 25.7. The van der Waals surface area contributed by atoms with Gasteiger partial charge in [-0.15, -0.1) is 0 Å². The molecule has 336 valence electrons. The third-order valence-corrected chi connectivity index (χ3v) is 19.3. The van der Waals surface area contributed by atoms with E-state index in [4.69, 9.17) is 13.9 Å². The number of hydrogen-bond acceptors (Lipinski definition) is 7. The van der Waals surface area contributed by atoms with Crippen LogP contribution in [0.4, 0.5) is 17.1 Å². The highest BCUT2D eigenvalue weighted by Crippen LogP contribution is 2.51. The number of halogens is 1. The van der Waals surface area contributed by atoms with E-state index in [1.165, 1.54) is 15.3 Å². The third-order valence-electron chi connectivity index (χ3n) is 13.5. The second kappa shape index (κ2) is 19.2. The van der Waals surface area contributed by atoms with Crippen LogP contribution in [-0.2, 0) is 18.8 Å². The van der Waals surface area contributed by atoms with Crippen LogP contribution in [0.1, 0.15) is 51.2 Å². The van der Waals surface area contributed by atoms with Crippen LogP contribution in [0.15, 0.2) is 169 Å². The van der Waals surface area contributed by atoms with Gasteiger partial charge in [0.25, 0.3) is 8.32 Å². The summed E-state index contributed by atoms with van der Waals surface area (Å²) in [6, 6.07) is 52.8. The predicted molar refractivity (Wildman–Crippen MR) is 275 cm³/mol. The van der Waals surface area contributed by atoms with Gasteiger partial charge in [-0.1, -0.05) is 136 Å². The Balaban J connectivity index is 1.08. The molecule has 0 bridgehead atoms. The molecular weight excluding hydrogens is 952 g/mol. The number of benzene rings is 6. The van der Waals surface area contributed by atoms with Gasteiger partial charge in [0.05, 0.1) is 47.5 Å². The van der Waals surface area contributed by atoms with Crippen molar-refractivity contribution in [3.63, 3.8) is 0 Å². The first-order chi connectivity index (χ1) is 32.0. The number of ether oxygens (including phenoxy) is 2. The van der Waals surface area contributed by atoms with Crippen molar-refractivity contribution in [2.24, 2.45) is 17.8 Å². The van der Waals surface area contributed by atoms with Crippen molar-refractivity contribution < 1.29 is 28.6 Å². The number of imide groups is 1. The molecule has 0 spiro atoms. The standard InChI is InChI=1S/C56H55IN2O6Si/c1-56(2,3)66(44-21-13-7-14-22-44,45-23-15-8-16-24-45)65-35-40-34-46-52(55(62)59(54(46)61)43-28-26-42(27-29-43)58-41-19-11-6-12-20-41)47-36-64-49(51(40)47)30-25-39(38-17-9-5-10-18-38)31-37-32-48(57)53(60)50(33-37)63-4/h5-24,26-29,31-33,46-47,49,52,58,60H,25,30,34-36H2,1-4H3/b39-31-/t46-,47+,49-,52-/m1/s1. The lowest BCUT2D eigenvalue weighted by molar-refractivity contribution is -0.122. The van der Waals surface area contributed by atoms with Crippen LogP contribution >= 0.6 is 22.6 Å². The SMILES string of the molecule is COc1cc(/C=C(/CC[C@H]2OC[C@H]3C2=C(CO[Si](c2ccccc2)(c2ccccc2)C(C)(C)C)C[C@H]2C(=O)N(c4ccc(Nc5ccccc5)cc4)C(=O)[C@H]23)c2ccccc2)cc(I)c1O. The fourth-order valence-electron chi connectivity index (χ4n) is 10.5. The van der Waals surface area contributed by atoms with Crippen LogP contribution in [0.2, 0.25) is 5.04 Å². The summed E-state index contributed by atoms with van der Waals surface area (Å²) < 4.78 is 20.7. The summed E-state index contributed by atoms with van der Waals surface area (Å²) in [6.07, 6.45) is 3.60. The number of hydrogen-bond donors (Lipinski definition) is 2. The maximum absolute atomic E-state index is 14.8. The molecule has 3 aliphatic rings. The summed E-state index contributed by atoms with van der Waals surface area (Å²) >= 11 is 2.13. The van der Waals surface area contributed by atoms with E-state index < -0.39 is 20.2 Å². The monoisotopic (exact) mass is 1010 g/mol. The molecule has 9 rings (SSSR count). The first kappa shape index (κ1) is 45.4. The van der Waals surface area contributed by atoms with Crippen LogP contribution in [0.5, 0.6) is 11.5 Å². The largest absolute Gasteiger partial charge is 0.504 e. The highest BCUT2D eigenvalue weighted by molar-refractivity contribution is 14.1. The number of methoxy groups -OCH3 is 1. The van der Waals surface area contributed by atoms with Crippen molar-refractivity contribution in [2.45, 2.75) is 51.2 Å². The van der Waals surface area contributed by atoms with E-state index in [0.717, 1.165) is 39.2 Å². The van der Waals surface area contributed by atoms with E-state index in [-0.39, 0.29) is 34.6 Å². The van der Waals surface area contributed by atoms with E-state index in [1.54, 1.807) is 7.11 Å². The van der Waals surface area contributed by atoms with E-state index >= 15 is 0 Å². The lowest BCUT2D eigenvalue weighted by Gasteiger charge is -2.44. The summed E-state index contributed by atoms with van der Waals surface area (Å²) in [5.41, 5.74) is 7.65. The Hall–Kier alpha value is -5.79. The second-order valence-corrected chi connectivity index (χ2v) is 23.9. The van der Waals surface area contributed by atoms with Gasteiger partial charge in [0.2, 0.25) is 11.8 Å². The number of carbonyl (C=O) groups excluding carboxylic acids is 2. The average Bonchev–Trinajstić information content (AvgIpc) is 3.87. The van der Waals surface area contributed by atoms with Gasteiger partial charge < -0.3 is 24.3 Å². The molecule has 10 heteroatoms. The minimum absolute atomic E-state index is 0.118. The molecule has 2 saturated heterocycles. The molecule has 0 aromatic heterocycles. The zero-order valence-electron chi connectivity index (χ0n) is 37.7. The van der Waals surface area contributed by atoms with E-state index in [9.17, 15) is 14.7 Å². The number of amides is 2. The molecule has 6 aromatic carbocycles. The van der Waals surface area contributed by atoms with Gasteiger partial charge in [-0.05, 0) is 134 Å². The molecule has 4 atom stereocenters. The highest BCUT2D eigenvalue weighted by atomic mass is 127. The number of nitrogens with zero attached hydrogens (tertiary/aromatic N) is 1. The Morgan fingerprint density at radius 3 is 2.00 bits per heavy atom. The normalized spacial score (nSPS) is 19.8. The third kappa shape index (κ3) is 8.79. The fraction of sp³-hybridized carbons (Fsp3) is 0.250. The van der Waals surface area contributed by atoms with Crippen molar-refractivity contribution in [1.29, 1.82) is 0 Å². The van der Waals surface area contributed by atoms with Crippen molar-refractivity contribution in [3.05, 3.63) is 184 Å². The quantitative estimate of drug-likeness (QED) is 0.0369. The van der Waals surface area contributed by atoms with Gasteiger partial charge in [-0.3, -0.25) is 14.5 Å². The summed E-state index contributed by atoms with van der Waals surface area (Å²) in [5.74, 6) is -1.18. The maximum Gasteiger partial charge on any atom is 0.261 e. The topological polar surface area (TPSA) is 97.3 Å². The van der Waals surface area contributed by atoms with Gasteiger partial charge in [0.1, 0.15) is 0 Å². The Morgan fingerprint density at radius 1 is 0.803 bits per heavy atom. The van der Waals surface area contributed by atoms with Crippen molar-refractivity contribution >= 4 is 81.8 Å². The molecule has 2 heterocycles. The van der Waals surface area contributed by atoms with Crippen LogP contribution < -0.4 is 25.3 Å². The minimum Gasteiger partial charge on any atom is -0.504 e. The van der Waals surface area contributed by atoms with Gasteiger partial charge in [-0.25, -0.2) is 0 Å². The lowest BCUT2D eigenvalue weighted by Crippen LogP contribution is -2.66. The number of allylic oxidation sites excluding steroid dienone is 1. The Labute approximate surface area is 402 Å². The predicted octanol–water partition coefficient (Wildman–Crippen LogP) is 11.2. The molecule has 0 radical (unpaired) electrons. The molecule has 66 heavy (non-hydrogen) atoms. The number of aromatic hydroxyl groups is 1. The van der Waals surface area contributed by atoms with Crippen LogP contribution in [0.3, 0.4) is 0 Å². The summed E-state index contributed by atoms with van der Waals surface area (Å²) in [6.45, 7) is 7.49. The second-order valence-electron chi connectivity index (χ2n) is 18.5. The van der Waals surface area contributed by atoms with Gasteiger partial charge >= 0.3 is 0 Å². The van der Waals surface area contributed by atoms with Gasteiger partial charge in [-0.2, -0.15) is 0 Å². The maximum atomic E-state index is 14.8. The molecule has 8 nitrogen and oxygen atoms in total. The summed E-state index contributed by atoms with van der Waals surface area (Å²) in [7, 11) is -1.42. The van der Waals surface area contributed by atoms with Crippen LogP contribution in [0, 0.1) is 21.3 Å². The summed E-state index contributed by atoms with van der Waals surface area (Å²) in [4.78, 5) is 31.0. The molecule has 2 aliphatic heterocycles. The average molecular weight is 1010 g/mol. The van der Waals surface area contributed by atoms with E-state index in [0.29, 0.717) is 47.5 Å². The molecule has 0 unspecified atom stereocenters. The molecule has 1 aliphatic carbocycles. The minimum atomic E-state index is -2.98. The van der Waals surface area contributed by atoms with Gasteiger partial charge in [0, 0.05) is 17.3 Å². The van der Waals surface area contributed by atoms with Crippen LogP contribution in [0.25, 0.3) is 11.6 Å². The van der Waals surface area contributed by atoms with Gasteiger partial charge in [0.15, 0.2) is 11.5 Å². The fourth-order valence-corrected chi connectivity index (χ4v) is 15.6. The zero-order chi connectivity index (χ0) is 46.0. The molecule has 6 aromatic rings. The number of para-hydroxylation sites is 1. The Morgan fingerprint density at radius 2 is 1.39 bits per heavy atom. The Kier molecular flexibility index (Phi) is 13.2. The number of nitrogens with one attached hydrogen (secondary N) is 1. The van der Waals surface area contributed by atoms with E-state index in [1.807, 2.05) is 97.1 Å². The number of carbonyl (C=O) groups is 2. The zero-order valence-corrected chi connectivity index (χ0v) is 40.9. The number of rotatable bonds is 14. The number of fused-ring (bicyclic) bond motifs is 3. The van der Waals surface area contributed by atoms with Crippen molar-refractivity contribution in [1.82, 2.24) is 0 Å². The molecule has 0 saturated carbocycles. The smallest absolute Gasteiger partial charge is 0.261 e. The van der Waals surface area contributed by atoms with Crippen LogP contribution in [-0.4, -0.2) is 51.7 Å². The van der Waals surface area contributed by atoms with E-state index in [2.05, 4.69) is 115 Å². The summed E-state index contributed by atoms with van der Waals surface area (Å²) in [5, 5.41) is 16.1.